The SMILES string of the molecule is C[C@@H]1COC[C@@H](C)N1C(=O)C[C@H](N)c1ccccc1. The van der Waals surface area contributed by atoms with Crippen LogP contribution in [0, 0.1) is 0 Å². The van der Waals surface area contributed by atoms with Crippen LogP contribution in [0.25, 0.3) is 0 Å². The van der Waals surface area contributed by atoms with Crippen molar-refractivity contribution in [3.05, 3.63) is 35.9 Å². The van der Waals surface area contributed by atoms with E-state index in [1.54, 1.807) is 0 Å². The van der Waals surface area contributed by atoms with Gasteiger partial charge in [-0.1, -0.05) is 30.3 Å². The van der Waals surface area contributed by atoms with Crippen molar-refractivity contribution in [3.8, 4) is 0 Å². The first-order chi connectivity index (χ1) is 9.09. The van der Waals surface area contributed by atoms with Gasteiger partial charge in [0.05, 0.1) is 25.3 Å². The molecule has 4 heteroatoms. The molecule has 1 aliphatic heterocycles. The smallest absolute Gasteiger partial charge is 0.225 e. The molecule has 0 aliphatic carbocycles. The van der Waals surface area contributed by atoms with E-state index in [1.807, 2.05) is 49.1 Å². The number of nitrogens with two attached hydrogens (primary N) is 1. The predicted octanol–water partition coefficient (Wildman–Crippen LogP) is 1.71. The fraction of sp³-hybridized carbons (Fsp3) is 0.533. The normalized spacial score (nSPS) is 25.1. The molecule has 1 heterocycles. The van der Waals surface area contributed by atoms with E-state index in [4.69, 9.17) is 10.5 Å². The zero-order valence-corrected chi connectivity index (χ0v) is 11.6. The molecule has 0 radical (unpaired) electrons. The Morgan fingerprint density at radius 3 is 2.47 bits per heavy atom. The maximum atomic E-state index is 12.4. The lowest BCUT2D eigenvalue weighted by Crippen LogP contribution is -2.52. The number of hydrogen-bond acceptors (Lipinski definition) is 3. The largest absolute Gasteiger partial charge is 0.377 e. The standard InChI is InChI=1S/C15H22N2O2/c1-11-9-19-10-12(2)17(11)15(18)8-14(16)13-6-4-3-5-7-13/h3-7,11-12,14H,8-10,16H2,1-2H3/t11-,12-,14+/m1/s1. The minimum absolute atomic E-state index is 0.111. The predicted molar refractivity (Wildman–Crippen MR) is 74.6 cm³/mol. The first-order valence-corrected chi connectivity index (χ1v) is 6.79. The average molecular weight is 262 g/mol. The molecule has 1 aliphatic rings. The summed E-state index contributed by atoms with van der Waals surface area (Å²) in [5.74, 6) is 0.111. The number of carbonyl (C=O) groups excluding carboxylic acids is 1. The van der Waals surface area contributed by atoms with Gasteiger partial charge in [0, 0.05) is 12.5 Å². The minimum atomic E-state index is -0.240. The van der Waals surface area contributed by atoms with Crippen LogP contribution in [0.2, 0.25) is 0 Å². The minimum Gasteiger partial charge on any atom is -0.377 e. The molecule has 1 aromatic carbocycles. The molecule has 2 rings (SSSR count). The molecule has 0 aromatic heterocycles. The summed E-state index contributed by atoms with van der Waals surface area (Å²) < 4.78 is 5.44. The van der Waals surface area contributed by atoms with Gasteiger partial charge in [0.25, 0.3) is 0 Å². The first kappa shape index (κ1) is 14.0. The quantitative estimate of drug-likeness (QED) is 0.902. The van der Waals surface area contributed by atoms with Gasteiger partial charge >= 0.3 is 0 Å². The van der Waals surface area contributed by atoms with Crippen LogP contribution in [0.15, 0.2) is 30.3 Å². The number of amides is 1. The van der Waals surface area contributed by atoms with Crippen molar-refractivity contribution in [3.63, 3.8) is 0 Å². The second kappa shape index (κ2) is 6.17. The lowest BCUT2D eigenvalue weighted by molar-refractivity contribution is -0.144. The highest BCUT2D eigenvalue weighted by molar-refractivity contribution is 5.77. The van der Waals surface area contributed by atoms with E-state index in [0.717, 1.165) is 5.56 Å². The summed E-state index contributed by atoms with van der Waals surface area (Å²) in [6, 6.07) is 9.77. The number of carbonyl (C=O) groups is 1. The first-order valence-electron chi connectivity index (χ1n) is 6.79. The fourth-order valence-corrected chi connectivity index (χ4v) is 2.61. The van der Waals surface area contributed by atoms with Crippen molar-refractivity contribution in [2.75, 3.05) is 13.2 Å². The monoisotopic (exact) mass is 262 g/mol. The maximum Gasteiger partial charge on any atom is 0.225 e. The Kier molecular flexibility index (Phi) is 4.56. The molecular weight excluding hydrogens is 240 g/mol. The van der Waals surface area contributed by atoms with Gasteiger partial charge in [-0.15, -0.1) is 0 Å². The Bertz CT molecular complexity index is 411. The van der Waals surface area contributed by atoms with Crippen molar-refractivity contribution in [2.24, 2.45) is 5.73 Å². The molecule has 19 heavy (non-hydrogen) atoms. The van der Waals surface area contributed by atoms with Crippen molar-refractivity contribution >= 4 is 5.91 Å². The highest BCUT2D eigenvalue weighted by atomic mass is 16.5. The van der Waals surface area contributed by atoms with Crippen molar-refractivity contribution < 1.29 is 9.53 Å². The number of ether oxygens (including phenoxy) is 1. The molecule has 2 N–H and O–H groups in total. The van der Waals surface area contributed by atoms with Crippen LogP contribution in [-0.2, 0) is 9.53 Å². The topological polar surface area (TPSA) is 55.6 Å². The van der Waals surface area contributed by atoms with Crippen LogP contribution in [0.5, 0.6) is 0 Å². The Morgan fingerprint density at radius 2 is 1.89 bits per heavy atom. The van der Waals surface area contributed by atoms with Crippen molar-refractivity contribution in [2.45, 2.75) is 38.4 Å². The van der Waals surface area contributed by atoms with Crippen LogP contribution >= 0.6 is 0 Å². The maximum absolute atomic E-state index is 12.4. The van der Waals surface area contributed by atoms with E-state index in [0.29, 0.717) is 19.6 Å². The molecule has 0 spiro atoms. The average Bonchev–Trinajstić information content (AvgIpc) is 2.39. The Labute approximate surface area is 114 Å². The fourth-order valence-electron chi connectivity index (χ4n) is 2.61. The van der Waals surface area contributed by atoms with Gasteiger partial charge in [0.1, 0.15) is 0 Å². The summed E-state index contributed by atoms with van der Waals surface area (Å²) in [6.07, 6.45) is 0.346. The van der Waals surface area contributed by atoms with Gasteiger partial charge in [-0.25, -0.2) is 0 Å². The van der Waals surface area contributed by atoms with Gasteiger partial charge in [-0.3, -0.25) is 4.79 Å². The Balaban J connectivity index is 2.00. The molecule has 0 saturated carbocycles. The molecule has 0 bridgehead atoms. The second-order valence-corrected chi connectivity index (χ2v) is 5.26. The highest BCUT2D eigenvalue weighted by Crippen LogP contribution is 2.19. The molecule has 4 nitrogen and oxygen atoms in total. The van der Waals surface area contributed by atoms with Crippen molar-refractivity contribution in [1.82, 2.24) is 4.90 Å². The van der Waals surface area contributed by atoms with Gasteiger partial charge in [-0.2, -0.15) is 0 Å². The third-order valence-electron chi connectivity index (χ3n) is 3.58. The van der Waals surface area contributed by atoms with E-state index in [-0.39, 0.29) is 24.0 Å². The number of hydrogen-bond donors (Lipinski definition) is 1. The highest BCUT2D eigenvalue weighted by Gasteiger charge is 2.30. The summed E-state index contributed by atoms with van der Waals surface area (Å²) in [7, 11) is 0. The second-order valence-electron chi connectivity index (χ2n) is 5.26. The summed E-state index contributed by atoms with van der Waals surface area (Å²) in [5.41, 5.74) is 7.12. The van der Waals surface area contributed by atoms with Crippen molar-refractivity contribution in [1.29, 1.82) is 0 Å². The summed E-state index contributed by atoms with van der Waals surface area (Å²) in [5, 5.41) is 0. The van der Waals surface area contributed by atoms with E-state index < -0.39 is 0 Å². The van der Waals surface area contributed by atoms with E-state index in [2.05, 4.69) is 0 Å². The number of rotatable bonds is 3. The molecule has 0 unspecified atom stereocenters. The molecule has 104 valence electrons. The summed E-state index contributed by atoms with van der Waals surface area (Å²) in [6.45, 7) is 5.25. The number of morpholine rings is 1. The third-order valence-corrected chi connectivity index (χ3v) is 3.58. The van der Waals surface area contributed by atoms with E-state index in [9.17, 15) is 4.79 Å². The van der Waals surface area contributed by atoms with Gasteiger partial charge in [0.2, 0.25) is 5.91 Å². The van der Waals surface area contributed by atoms with Crippen LogP contribution in [0.3, 0.4) is 0 Å². The molecule has 1 aromatic rings. The Morgan fingerprint density at radius 1 is 1.32 bits per heavy atom. The number of nitrogens with zero attached hydrogens (tertiary/aromatic N) is 1. The zero-order valence-electron chi connectivity index (χ0n) is 11.6. The van der Waals surface area contributed by atoms with E-state index in [1.165, 1.54) is 0 Å². The van der Waals surface area contributed by atoms with Gasteiger partial charge in [-0.05, 0) is 19.4 Å². The Hall–Kier alpha value is -1.39. The zero-order chi connectivity index (χ0) is 13.8. The van der Waals surface area contributed by atoms with Crippen LogP contribution in [-0.4, -0.2) is 36.1 Å². The van der Waals surface area contributed by atoms with Crippen LogP contribution in [0.4, 0.5) is 0 Å². The summed E-state index contributed by atoms with van der Waals surface area (Å²) >= 11 is 0. The van der Waals surface area contributed by atoms with E-state index >= 15 is 0 Å². The number of benzene rings is 1. The van der Waals surface area contributed by atoms with Crippen LogP contribution < -0.4 is 5.73 Å². The van der Waals surface area contributed by atoms with Gasteiger partial charge < -0.3 is 15.4 Å². The molecule has 1 amide bonds. The summed E-state index contributed by atoms with van der Waals surface area (Å²) in [4.78, 5) is 14.3. The molecule has 1 fully saturated rings. The molecule has 3 atom stereocenters. The van der Waals surface area contributed by atoms with Gasteiger partial charge in [0.15, 0.2) is 0 Å². The molecule has 1 saturated heterocycles. The third kappa shape index (κ3) is 3.33. The molecular formula is C15H22N2O2. The lowest BCUT2D eigenvalue weighted by Gasteiger charge is -2.39. The lowest BCUT2D eigenvalue weighted by atomic mass is 10.0. The van der Waals surface area contributed by atoms with Crippen LogP contribution in [0.1, 0.15) is 31.9 Å².